The Hall–Kier alpha value is -1.79. The first-order valence-corrected chi connectivity index (χ1v) is 3.57. The quantitative estimate of drug-likeness (QED) is 0.557. The maximum atomic E-state index is 11.8. The van der Waals surface area contributed by atoms with Gasteiger partial charge in [0.05, 0.1) is 4.92 Å². The van der Waals surface area contributed by atoms with Crippen LogP contribution in [0.3, 0.4) is 0 Å². The monoisotopic (exact) mass is 204 g/mol. The average molecular weight is 204 g/mol. The summed E-state index contributed by atoms with van der Waals surface area (Å²) in [6, 6.07) is 1.34. The second-order valence-corrected chi connectivity index (χ2v) is 2.42. The molecule has 1 aromatic heterocycles. The molecule has 0 radical (unpaired) electrons. The molecular formula is C7H6F2N2O3. The molecule has 0 saturated heterocycles. The summed E-state index contributed by atoms with van der Waals surface area (Å²) in [5.74, 6) is -0.662. The van der Waals surface area contributed by atoms with Crippen LogP contribution in [-0.2, 0) is 0 Å². The van der Waals surface area contributed by atoms with Crippen molar-refractivity contribution in [3.05, 3.63) is 27.9 Å². The lowest BCUT2D eigenvalue weighted by atomic mass is 10.2. The highest BCUT2D eigenvalue weighted by atomic mass is 19.3. The van der Waals surface area contributed by atoms with E-state index in [0.29, 0.717) is 0 Å². The Bertz CT molecular complexity index is 357. The van der Waals surface area contributed by atoms with Crippen molar-refractivity contribution in [2.24, 2.45) is 0 Å². The summed E-state index contributed by atoms with van der Waals surface area (Å²) in [6.45, 7) is -1.71. The average Bonchev–Trinajstić information content (AvgIpc) is 2.01. The van der Waals surface area contributed by atoms with E-state index in [1.54, 1.807) is 0 Å². The fourth-order valence-corrected chi connectivity index (χ4v) is 0.918. The smallest absolute Gasteiger partial charge is 0.388 e. The van der Waals surface area contributed by atoms with Crippen LogP contribution < -0.4 is 4.74 Å². The predicted molar refractivity (Wildman–Crippen MR) is 42.3 cm³/mol. The molecule has 0 N–H and O–H groups in total. The van der Waals surface area contributed by atoms with Crippen LogP contribution in [0, 0.1) is 17.0 Å². The largest absolute Gasteiger partial charge is 0.411 e. The lowest BCUT2D eigenvalue weighted by molar-refractivity contribution is -0.387. The maximum Gasteiger partial charge on any atom is 0.388 e. The molecule has 0 aliphatic carbocycles. The molecule has 0 aliphatic rings. The SMILES string of the molecule is Cc1ccnc(OC(F)F)c1[N+](=O)[O-]. The summed E-state index contributed by atoms with van der Waals surface area (Å²) in [6.07, 6.45) is 1.17. The minimum atomic E-state index is -3.12. The standard InChI is InChI=1S/C7H6F2N2O3/c1-4-2-3-10-6(14-7(8)9)5(4)11(12)13/h2-3,7H,1H3. The number of nitrogens with zero attached hydrogens (tertiary/aromatic N) is 2. The van der Waals surface area contributed by atoms with E-state index < -0.39 is 23.1 Å². The maximum absolute atomic E-state index is 11.8. The zero-order valence-corrected chi connectivity index (χ0v) is 7.11. The van der Waals surface area contributed by atoms with E-state index in [1.165, 1.54) is 19.2 Å². The Balaban J connectivity index is 3.14. The fourth-order valence-electron chi connectivity index (χ4n) is 0.918. The zero-order valence-electron chi connectivity index (χ0n) is 7.11. The zero-order chi connectivity index (χ0) is 10.7. The topological polar surface area (TPSA) is 65.3 Å². The molecule has 0 unspecified atom stereocenters. The van der Waals surface area contributed by atoms with Crippen LogP contribution in [0.15, 0.2) is 12.3 Å². The van der Waals surface area contributed by atoms with Crippen LogP contribution >= 0.6 is 0 Å². The molecule has 1 rings (SSSR count). The first-order valence-electron chi connectivity index (χ1n) is 3.57. The molecule has 0 amide bonds. The van der Waals surface area contributed by atoms with Crippen LogP contribution in [0.2, 0.25) is 0 Å². The summed E-state index contributed by atoms with van der Waals surface area (Å²) in [5.41, 5.74) is -0.312. The van der Waals surface area contributed by atoms with Gasteiger partial charge in [0.2, 0.25) is 0 Å². The van der Waals surface area contributed by atoms with Gasteiger partial charge in [0.25, 0.3) is 5.88 Å². The van der Waals surface area contributed by atoms with Crippen molar-refractivity contribution >= 4 is 5.69 Å². The number of aromatic nitrogens is 1. The summed E-state index contributed by atoms with van der Waals surface area (Å²) >= 11 is 0. The van der Waals surface area contributed by atoms with Gasteiger partial charge in [-0.25, -0.2) is 4.98 Å². The molecular weight excluding hydrogens is 198 g/mol. The molecule has 0 atom stereocenters. The molecule has 14 heavy (non-hydrogen) atoms. The van der Waals surface area contributed by atoms with Crippen molar-refractivity contribution in [2.75, 3.05) is 0 Å². The lowest BCUT2D eigenvalue weighted by Crippen LogP contribution is -2.06. The van der Waals surface area contributed by atoms with Gasteiger partial charge in [0.1, 0.15) is 0 Å². The number of rotatable bonds is 3. The highest BCUT2D eigenvalue weighted by Crippen LogP contribution is 2.28. The van der Waals surface area contributed by atoms with E-state index in [0.717, 1.165) is 0 Å². The molecule has 0 saturated carbocycles. The van der Waals surface area contributed by atoms with E-state index in [-0.39, 0.29) is 5.56 Å². The molecule has 0 aromatic carbocycles. The fraction of sp³-hybridized carbons (Fsp3) is 0.286. The Labute approximate surface area is 77.5 Å². The van der Waals surface area contributed by atoms with Crippen molar-refractivity contribution in [3.8, 4) is 5.88 Å². The van der Waals surface area contributed by atoms with Crippen LogP contribution in [-0.4, -0.2) is 16.5 Å². The highest BCUT2D eigenvalue weighted by molar-refractivity contribution is 5.47. The minimum absolute atomic E-state index is 0.223. The number of hydrogen-bond acceptors (Lipinski definition) is 4. The van der Waals surface area contributed by atoms with Gasteiger partial charge in [-0.05, 0) is 13.0 Å². The second-order valence-electron chi connectivity index (χ2n) is 2.42. The van der Waals surface area contributed by atoms with E-state index in [4.69, 9.17) is 0 Å². The second kappa shape index (κ2) is 3.95. The van der Waals surface area contributed by atoms with E-state index in [2.05, 4.69) is 9.72 Å². The molecule has 0 spiro atoms. The number of nitro groups is 1. The summed E-state index contributed by atoms with van der Waals surface area (Å²) in [4.78, 5) is 13.0. The third kappa shape index (κ3) is 2.12. The Morgan fingerprint density at radius 3 is 2.79 bits per heavy atom. The Morgan fingerprint density at radius 1 is 1.64 bits per heavy atom. The molecule has 0 fully saturated rings. The molecule has 1 aromatic rings. The number of aryl methyl sites for hydroxylation is 1. The van der Waals surface area contributed by atoms with Gasteiger partial charge in [-0.1, -0.05) is 0 Å². The van der Waals surface area contributed by atoms with Crippen molar-refractivity contribution < 1.29 is 18.4 Å². The number of alkyl halides is 2. The number of pyridine rings is 1. The highest BCUT2D eigenvalue weighted by Gasteiger charge is 2.22. The molecule has 0 aliphatic heterocycles. The van der Waals surface area contributed by atoms with Gasteiger partial charge in [-0.15, -0.1) is 0 Å². The van der Waals surface area contributed by atoms with Gasteiger partial charge in [-0.2, -0.15) is 8.78 Å². The first kappa shape index (κ1) is 10.3. The van der Waals surface area contributed by atoms with Gasteiger partial charge >= 0.3 is 12.3 Å². The van der Waals surface area contributed by atoms with Crippen molar-refractivity contribution in [3.63, 3.8) is 0 Å². The van der Waals surface area contributed by atoms with Gasteiger partial charge in [0, 0.05) is 11.8 Å². The number of halogens is 2. The summed E-state index contributed by atoms with van der Waals surface area (Å²) in [5, 5.41) is 10.5. The minimum Gasteiger partial charge on any atom is -0.411 e. The molecule has 76 valence electrons. The van der Waals surface area contributed by atoms with E-state index in [9.17, 15) is 18.9 Å². The van der Waals surface area contributed by atoms with Gasteiger partial charge in [0.15, 0.2) is 0 Å². The Morgan fingerprint density at radius 2 is 2.29 bits per heavy atom. The van der Waals surface area contributed by atoms with Crippen LogP contribution in [0.5, 0.6) is 5.88 Å². The van der Waals surface area contributed by atoms with E-state index in [1.807, 2.05) is 0 Å². The number of hydrogen-bond donors (Lipinski definition) is 0. The predicted octanol–water partition coefficient (Wildman–Crippen LogP) is 1.90. The van der Waals surface area contributed by atoms with Crippen LogP contribution in [0.1, 0.15) is 5.56 Å². The summed E-state index contributed by atoms with van der Waals surface area (Å²) < 4.78 is 27.5. The van der Waals surface area contributed by atoms with Crippen molar-refractivity contribution in [2.45, 2.75) is 13.5 Å². The van der Waals surface area contributed by atoms with Crippen molar-refractivity contribution in [1.29, 1.82) is 0 Å². The molecule has 7 heteroatoms. The Kier molecular flexibility index (Phi) is 2.90. The normalized spacial score (nSPS) is 10.3. The molecule has 5 nitrogen and oxygen atoms in total. The van der Waals surface area contributed by atoms with Crippen LogP contribution in [0.25, 0.3) is 0 Å². The molecule has 0 bridgehead atoms. The van der Waals surface area contributed by atoms with Crippen LogP contribution in [0.4, 0.5) is 14.5 Å². The van der Waals surface area contributed by atoms with E-state index >= 15 is 0 Å². The third-order valence-corrected chi connectivity index (χ3v) is 1.48. The van der Waals surface area contributed by atoms with Crippen molar-refractivity contribution in [1.82, 2.24) is 4.98 Å². The third-order valence-electron chi connectivity index (χ3n) is 1.48. The lowest BCUT2D eigenvalue weighted by Gasteiger charge is -2.04. The first-order chi connectivity index (χ1) is 6.52. The molecule has 1 heterocycles. The summed E-state index contributed by atoms with van der Waals surface area (Å²) in [7, 11) is 0. The van der Waals surface area contributed by atoms with Gasteiger partial charge < -0.3 is 4.74 Å². The van der Waals surface area contributed by atoms with Gasteiger partial charge in [-0.3, -0.25) is 10.1 Å². The number of ether oxygens (including phenoxy) is 1.